The van der Waals surface area contributed by atoms with Gasteiger partial charge in [-0.2, -0.15) is 4.98 Å². The van der Waals surface area contributed by atoms with Gasteiger partial charge in [0.15, 0.2) is 0 Å². The van der Waals surface area contributed by atoms with E-state index in [1.54, 1.807) is 6.20 Å². The zero-order chi connectivity index (χ0) is 23.3. The highest BCUT2D eigenvalue weighted by Gasteiger charge is 2.26. The molecule has 2 aliphatic rings. The minimum atomic E-state index is 0.222. The molecule has 5 rings (SSSR count). The number of oxazole rings is 1. The van der Waals surface area contributed by atoms with Gasteiger partial charge in [0.05, 0.1) is 12.3 Å². The van der Waals surface area contributed by atoms with Crippen LogP contribution in [0.1, 0.15) is 39.5 Å². The summed E-state index contributed by atoms with van der Waals surface area (Å²) in [4.78, 5) is 18.3. The molecule has 0 radical (unpaired) electrons. The van der Waals surface area contributed by atoms with Gasteiger partial charge in [0.1, 0.15) is 11.3 Å². The Labute approximate surface area is 200 Å². The van der Waals surface area contributed by atoms with Crippen LogP contribution in [0.15, 0.2) is 35.0 Å². The molecule has 0 atom stereocenters. The molecule has 0 unspecified atom stereocenters. The van der Waals surface area contributed by atoms with Crippen molar-refractivity contribution in [1.29, 1.82) is 0 Å². The summed E-state index contributed by atoms with van der Waals surface area (Å²) >= 11 is 0. The van der Waals surface area contributed by atoms with Gasteiger partial charge < -0.3 is 24.3 Å². The number of hydrogen-bond acceptors (Lipinski definition) is 9. The predicted molar refractivity (Wildman–Crippen MR) is 134 cm³/mol. The number of benzene rings is 1. The van der Waals surface area contributed by atoms with Crippen LogP contribution >= 0.6 is 0 Å². The number of nitrogens with zero attached hydrogens (tertiary/aromatic N) is 5. The molecule has 0 spiro atoms. The molecule has 2 aromatic heterocycles. The fourth-order valence-electron chi connectivity index (χ4n) is 5.07. The second-order valence-corrected chi connectivity index (χ2v) is 9.03. The first-order chi connectivity index (χ1) is 16.7. The number of rotatable bonds is 8. The second-order valence-electron chi connectivity index (χ2n) is 9.03. The van der Waals surface area contributed by atoms with Crippen molar-refractivity contribution in [2.24, 2.45) is 0 Å². The van der Waals surface area contributed by atoms with E-state index in [1.165, 1.54) is 12.8 Å². The minimum Gasteiger partial charge on any atom is -0.488 e. The summed E-state index contributed by atoms with van der Waals surface area (Å²) in [6, 6.07) is 7.32. The summed E-state index contributed by atoms with van der Waals surface area (Å²) < 4.78 is 12.4. The molecule has 3 aromatic rings. The average molecular weight is 466 g/mol. The lowest BCUT2D eigenvalue weighted by molar-refractivity contribution is 0.0942. The minimum absolute atomic E-state index is 0.222. The summed E-state index contributed by atoms with van der Waals surface area (Å²) in [6.07, 6.45) is 8.23. The Morgan fingerprint density at radius 1 is 1.09 bits per heavy atom. The fourth-order valence-corrected chi connectivity index (χ4v) is 5.07. The zero-order valence-corrected chi connectivity index (χ0v) is 20.2. The standard InChI is InChI=1S/C25H35N7O2/c1-3-31(4-2)19-8-10-20(11-9-19)33-21-7-5-6-18-16-27-24(30-23(18)21)29-22-17-28-25(34-22)32-14-12-26-13-15-32/h5-7,16-17,19-20,26H,3-4,8-15H2,1-2H3,(H,27,29,30). The molecule has 3 heterocycles. The van der Waals surface area contributed by atoms with Crippen LogP contribution in [0.2, 0.25) is 0 Å². The van der Waals surface area contributed by atoms with Crippen LogP contribution < -0.4 is 20.3 Å². The molecule has 2 N–H and O–H groups in total. The van der Waals surface area contributed by atoms with Gasteiger partial charge in [0, 0.05) is 43.8 Å². The summed E-state index contributed by atoms with van der Waals surface area (Å²) in [5.74, 6) is 1.81. The Balaban J connectivity index is 1.27. The smallest absolute Gasteiger partial charge is 0.299 e. The first kappa shape index (κ1) is 22.9. The van der Waals surface area contributed by atoms with E-state index in [1.807, 2.05) is 24.4 Å². The Morgan fingerprint density at radius 2 is 1.88 bits per heavy atom. The fraction of sp³-hybridized carbons (Fsp3) is 0.560. The zero-order valence-electron chi connectivity index (χ0n) is 20.2. The molecular formula is C25H35N7O2. The van der Waals surface area contributed by atoms with Gasteiger partial charge in [-0.1, -0.05) is 26.0 Å². The number of para-hydroxylation sites is 1. The third kappa shape index (κ3) is 5.10. The average Bonchev–Trinajstić information content (AvgIpc) is 3.35. The normalized spacial score (nSPS) is 21.2. The molecule has 1 aromatic carbocycles. The summed E-state index contributed by atoms with van der Waals surface area (Å²) in [7, 11) is 0. The molecule has 9 nitrogen and oxygen atoms in total. The van der Waals surface area contributed by atoms with Gasteiger partial charge in [0.2, 0.25) is 11.8 Å². The Bertz CT molecular complexity index is 1070. The highest BCUT2D eigenvalue weighted by molar-refractivity contribution is 5.84. The number of aromatic nitrogens is 3. The first-order valence-electron chi connectivity index (χ1n) is 12.6. The van der Waals surface area contributed by atoms with Gasteiger partial charge in [-0.25, -0.2) is 9.97 Å². The number of ether oxygens (including phenoxy) is 1. The molecule has 0 amide bonds. The van der Waals surface area contributed by atoms with Crippen molar-refractivity contribution in [2.45, 2.75) is 51.7 Å². The number of anilines is 3. The van der Waals surface area contributed by atoms with Crippen molar-refractivity contribution in [1.82, 2.24) is 25.2 Å². The first-order valence-corrected chi connectivity index (χ1v) is 12.6. The van der Waals surface area contributed by atoms with Crippen LogP contribution in [-0.2, 0) is 0 Å². The van der Waals surface area contributed by atoms with Crippen molar-refractivity contribution in [2.75, 3.05) is 49.5 Å². The predicted octanol–water partition coefficient (Wildman–Crippen LogP) is 3.80. The van der Waals surface area contributed by atoms with Crippen LogP contribution in [0.5, 0.6) is 5.75 Å². The molecule has 2 fully saturated rings. The summed E-state index contributed by atoms with van der Waals surface area (Å²) in [5.41, 5.74) is 0.813. The number of hydrogen-bond donors (Lipinski definition) is 2. The van der Waals surface area contributed by atoms with Crippen LogP contribution in [0.25, 0.3) is 10.9 Å². The molecule has 1 saturated carbocycles. The maximum absolute atomic E-state index is 6.47. The molecular weight excluding hydrogens is 430 g/mol. The second kappa shape index (κ2) is 10.6. The van der Waals surface area contributed by atoms with Crippen LogP contribution in [0.4, 0.5) is 17.8 Å². The van der Waals surface area contributed by atoms with E-state index in [0.29, 0.717) is 23.9 Å². The SMILES string of the molecule is CCN(CC)C1CCC(Oc2cccc3cnc(Nc4cnc(N5CCNCC5)o4)nc23)CC1. The van der Waals surface area contributed by atoms with Crippen molar-refractivity contribution >= 4 is 28.8 Å². The topological polar surface area (TPSA) is 91.6 Å². The summed E-state index contributed by atoms with van der Waals surface area (Å²) in [6.45, 7) is 10.3. The highest BCUT2D eigenvalue weighted by Crippen LogP contribution is 2.31. The maximum atomic E-state index is 6.47. The maximum Gasteiger partial charge on any atom is 0.299 e. The molecule has 1 saturated heterocycles. The number of fused-ring (bicyclic) bond motifs is 1. The Kier molecular flexibility index (Phi) is 7.10. The summed E-state index contributed by atoms with van der Waals surface area (Å²) in [5, 5.41) is 7.45. The van der Waals surface area contributed by atoms with E-state index in [-0.39, 0.29) is 6.10 Å². The molecule has 1 aliphatic carbocycles. The van der Waals surface area contributed by atoms with E-state index in [4.69, 9.17) is 14.1 Å². The van der Waals surface area contributed by atoms with Gasteiger partial charge >= 0.3 is 0 Å². The van der Waals surface area contributed by atoms with Gasteiger partial charge in [-0.05, 0) is 44.8 Å². The lowest BCUT2D eigenvalue weighted by atomic mass is 9.91. The van der Waals surface area contributed by atoms with E-state index >= 15 is 0 Å². The third-order valence-electron chi connectivity index (χ3n) is 6.96. The largest absolute Gasteiger partial charge is 0.488 e. The third-order valence-corrected chi connectivity index (χ3v) is 6.96. The van der Waals surface area contributed by atoms with Gasteiger partial charge in [0.25, 0.3) is 6.01 Å². The molecule has 1 aliphatic heterocycles. The molecule has 182 valence electrons. The number of nitrogens with one attached hydrogen (secondary N) is 2. The van der Waals surface area contributed by atoms with Crippen molar-refractivity contribution in [3.05, 3.63) is 30.6 Å². The Hall–Kier alpha value is -2.91. The van der Waals surface area contributed by atoms with E-state index in [9.17, 15) is 0 Å². The van der Waals surface area contributed by atoms with Crippen LogP contribution in [-0.4, -0.2) is 71.3 Å². The highest BCUT2D eigenvalue weighted by atomic mass is 16.5. The number of piperazine rings is 1. The monoisotopic (exact) mass is 465 g/mol. The van der Waals surface area contributed by atoms with Crippen LogP contribution in [0.3, 0.4) is 0 Å². The molecule has 0 bridgehead atoms. The van der Waals surface area contributed by atoms with Gasteiger partial charge in [-0.3, -0.25) is 5.32 Å². The lowest BCUT2D eigenvalue weighted by Crippen LogP contribution is -2.43. The molecule has 9 heteroatoms. The van der Waals surface area contributed by atoms with Crippen LogP contribution in [0, 0.1) is 0 Å². The van der Waals surface area contributed by atoms with Crippen molar-refractivity contribution < 1.29 is 9.15 Å². The van der Waals surface area contributed by atoms with E-state index < -0.39 is 0 Å². The lowest BCUT2D eigenvalue weighted by Gasteiger charge is -2.35. The van der Waals surface area contributed by atoms with E-state index in [0.717, 1.165) is 68.8 Å². The van der Waals surface area contributed by atoms with Crippen molar-refractivity contribution in [3.63, 3.8) is 0 Å². The van der Waals surface area contributed by atoms with E-state index in [2.05, 4.69) is 44.2 Å². The molecule has 34 heavy (non-hydrogen) atoms. The Morgan fingerprint density at radius 3 is 2.65 bits per heavy atom. The van der Waals surface area contributed by atoms with Crippen molar-refractivity contribution in [3.8, 4) is 5.75 Å². The quantitative estimate of drug-likeness (QED) is 0.515. The van der Waals surface area contributed by atoms with Gasteiger partial charge in [-0.15, -0.1) is 0 Å².